The second kappa shape index (κ2) is 5.84. The van der Waals surface area contributed by atoms with Crippen LogP contribution in [0.15, 0.2) is 54.7 Å². The number of thiazole rings is 1. The van der Waals surface area contributed by atoms with Crippen molar-refractivity contribution in [1.82, 2.24) is 9.97 Å². The van der Waals surface area contributed by atoms with Crippen LogP contribution in [0.2, 0.25) is 0 Å². The van der Waals surface area contributed by atoms with Crippen LogP contribution in [-0.4, -0.2) is 9.97 Å². The van der Waals surface area contributed by atoms with Gasteiger partial charge in [-0.05, 0) is 67.1 Å². The van der Waals surface area contributed by atoms with Gasteiger partial charge in [0, 0.05) is 20.0 Å². The number of aryl methyl sites for hydroxylation is 3. The van der Waals surface area contributed by atoms with E-state index in [2.05, 4.69) is 9.97 Å². The van der Waals surface area contributed by atoms with E-state index in [9.17, 15) is 0 Å². The van der Waals surface area contributed by atoms with Crippen LogP contribution in [0.1, 0.15) is 24.4 Å². The van der Waals surface area contributed by atoms with Gasteiger partial charge >= 0.3 is 0 Å². The highest BCUT2D eigenvalue weighted by Crippen LogP contribution is 2.32. The maximum absolute atomic E-state index is 7.94. The molecule has 0 aliphatic carbocycles. The molecule has 0 saturated heterocycles. The fourth-order valence-corrected chi connectivity index (χ4v) is 3.52. The molecule has 0 saturated carbocycles. The Bertz CT molecular complexity index is 1220. The van der Waals surface area contributed by atoms with Crippen LogP contribution in [0, 0.1) is 20.6 Å². The lowest BCUT2D eigenvalue weighted by atomic mass is 9.96. The maximum atomic E-state index is 7.94. The predicted molar refractivity (Wildman–Crippen MR) is 102 cm³/mol. The van der Waals surface area contributed by atoms with Gasteiger partial charge in [-0.3, -0.25) is 4.98 Å². The molecule has 4 rings (SSSR count). The molecule has 2 aromatic heterocycles. The van der Waals surface area contributed by atoms with Gasteiger partial charge in [-0.2, -0.15) is 0 Å². The van der Waals surface area contributed by atoms with Gasteiger partial charge in [0.25, 0.3) is 0 Å². The third kappa shape index (κ3) is 2.72. The zero-order valence-corrected chi connectivity index (χ0v) is 13.8. The first kappa shape index (κ1) is 9.70. The molecule has 4 aromatic rings. The Labute approximate surface area is 154 Å². The average Bonchev–Trinajstić information content (AvgIpc) is 3.05. The fraction of sp³-hybridized carbons (Fsp3) is 0.143. The molecule has 0 bridgehead atoms. The SMILES string of the molecule is [2H]C([2H])([2H])c1ccc(-c2ccc(C([2H])([2H])[2H])c(-c3ccc4sc(C)nc4c3)c2)nc1. The topological polar surface area (TPSA) is 25.8 Å². The number of aromatic nitrogens is 2. The lowest BCUT2D eigenvalue weighted by Crippen LogP contribution is -1.88. The Morgan fingerprint density at radius 2 is 1.88 bits per heavy atom. The van der Waals surface area contributed by atoms with Crippen molar-refractivity contribution in [2.45, 2.75) is 20.6 Å². The van der Waals surface area contributed by atoms with Crippen LogP contribution in [0.4, 0.5) is 0 Å². The van der Waals surface area contributed by atoms with Gasteiger partial charge in [-0.1, -0.05) is 24.3 Å². The molecular weight excluding hydrogens is 312 g/mol. The summed E-state index contributed by atoms with van der Waals surface area (Å²) in [6, 6.07) is 14.0. The lowest BCUT2D eigenvalue weighted by molar-refractivity contribution is 1.27. The van der Waals surface area contributed by atoms with E-state index >= 15 is 0 Å². The molecule has 2 nitrogen and oxygen atoms in total. The fourth-order valence-electron chi connectivity index (χ4n) is 2.72. The molecule has 0 atom stereocenters. The van der Waals surface area contributed by atoms with E-state index in [1.54, 1.807) is 35.6 Å². The van der Waals surface area contributed by atoms with Crippen molar-refractivity contribution in [3.05, 3.63) is 70.9 Å². The molecule has 0 unspecified atom stereocenters. The van der Waals surface area contributed by atoms with Crippen LogP contribution in [0.5, 0.6) is 0 Å². The summed E-state index contributed by atoms with van der Waals surface area (Å²) in [5, 5.41) is 0.950. The summed E-state index contributed by atoms with van der Waals surface area (Å²) < 4.78 is 47.3. The van der Waals surface area contributed by atoms with Crippen LogP contribution < -0.4 is 0 Å². The largest absolute Gasteiger partial charge is 0.256 e. The van der Waals surface area contributed by atoms with E-state index in [1.165, 1.54) is 12.3 Å². The molecule has 0 spiro atoms. The second-order valence-corrected chi connectivity index (χ2v) is 6.84. The van der Waals surface area contributed by atoms with Crippen molar-refractivity contribution in [1.29, 1.82) is 0 Å². The summed E-state index contributed by atoms with van der Waals surface area (Å²) >= 11 is 1.59. The van der Waals surface area contributed by atoms with E-state index < -0.39 is 13.7 Å². The number of pyridine rings is 1. The maximum Gasteiger partial charge on any atom is 0.0907 e. The summed E-state index contributed by atoms with van der Waals surface area (Å²) in [6.07, 6.45) is 1.34. The predicted octanol–water partition coefficient (Wildman–Crippen LogP) is 5.95. The van der Waals surface area contributed by atoms with E-state index in [-0.39, 0.29) is 11.1 Å². The van der Waals surface area contributed by atoms with Crippen molar-refractivity contribution in [3.63, 3.8) is 0 Å². The van der Waals surface area contributed by atoms with Gasteiger partial charge in [0.2, 0.25) is 0 Å². The van der Waals surface area contributed by atoms with Gasteiger partial charge in [0.05, 0.1) is 20.9 Å². The van der Waals surface area contributed by atoms with E-state index in [0.29, 0.717) is 16.8 Å². The number of hydrogen-bond acceptors (Lipinski definition) is 3. The minimum Gasteiger partial charge on any atom is -0.256 e. The Balaban J connectivity index is 1.85. The summed E-state index contributed by atoms with van der Waals surface area (Å²) in [6.45, 7) is -2.56. The highest BCUT2D eigenvalue weighted by atomic mass is 32.1. The third-order valence-corrected chi connectivity index (χ3v) is 4.84. The van der Waals surface area contributed by atoms with Gasteiger partial charge in [0.15, 0.2) is 0 Å². The molecule has 3 heteroatoms. The van der Waals surface area contributed by atoms with E-state index in [1.807, 2.05) is 25.1 Å². The van der Waals surface area contributed by atoms with Crippen LogP contribution in [0.3, 0.4) is 0 Å². The normalized spacial score (nSPS) is 15.9. The first-order valence-electron chi connectivity index (χ1n) is 10.5. The Hall–Kier alpha value is -2.52. The van der Waals surface area contributed by atoms with Crippen LogP contribution in [0.25, 0.3) is 32.6 Å². The molecule has 2 aromatic carbocycles. The average molecular weight is 336 g/mol. The minimum absolute atomic E-state index is 0.162. The summed E-state index contributed by atoms with van der Waals surface area (Å²) in [5.74, 6) is 0. The quantitative estimate of drug-likeness (QED) is 0.452. The van der Waals surface area contributed by atoms with Gasteiger partial charge in [-0.25, -0.2) is 4.98 Å². The standard InChI is InChI=1S/C21H18N2S/c1-13-4-8-19(22-12-13)17-6-5-14(2)18(10-17)16-7-9-21-20(11-16)23-15(3)24-21/h4-12H,1-3H3/i1D3,2D3. The van der Waals surface area contributed by atoms with Crippen molar-refractivity contribution < 1.29 is 8.22 Å². The zero-order valence-electron chi connectivity index (χ0n) is 19.0. The van der Waals surface area contributed by atoms with Crippen molar-refractivity contribution in [3.8, 4) is 22.4 Å². The monoisotopic (exact) mass is 336 g/mol. The summed E-state index contributed by atoms with van der Waals surface area (Å²) in [5.41, 5.74) is 3.88. The van der Waals surface area contributed by atoms with Crippen LogP contribution >= 0.6 is 11.3 Å². The second-order valence-electron chi connectivity index (χ2n) is 5.61. The Morgan fingerprint density at radius 3 is 2.67 bits per heavy atom. The van der Waals surface area contributed by atoms with Gasteiger partial charge in [0.1, 0.15) is 0 Å². The molecule has 0 aliphatic heterocycles. The van der Waals surface area contributed by atoms with E-state index in [0.717, 1.165) is 20.8 Å². The molecule has 0 radical (unpaired) electrons. The number of benzene rings is 2. The highest BCUT2D eigenvalue weighted by molar-refractivity contribution is 7.18. The van der Waals surface area contributed by atoms with Crippen molar-refractivity contribution in [2.24, 2.45) is 0 Å². The van der Waals surface area contributed by atoms with Crippen molar-refractivity contribution >= 4 is 21.6 Å². The number of hydrogen-bond donors (Lipinski definition) is 0. The summed E-state index contributed by atoms with van der Waals surface area (Å²) in [4.78, 5) is 8.80. The Morgan fingerprint density at radius 1 is 0.958 bits per heavy atom. The molecule has 0 N–H and O–H groups in total. The number of rotatable bonds is 2. The van der Waals surface area contributed by atoms with E-state index in [4.69, 9.17) is 8.22 Å². The molecule has 0 amide bonds. The molecular formula is C21H18N2S. The highest BCUT2D eigenvalue weighted by Gasteiger charge is 2.08. The minimum atomic E-state index is -2.28. The molecule has 0 aliphatic rings. The zero-order chi connectivity index (χ0) is 21.7. The smallest absolute Gasteiger partial charge is 0.0907 e. The molecule has 24 heavy (non-hydrogen) atoms. The molecule has 2 heterocycles. The number of fused-ring (bicyclic) bond motifs is 1. The molecule has 118 valence electrons. The Kier molecular flexibility index (Phi) is 2.36. The summed E-state index contributed by atoms with van der Waals surface area (Å²) in [7, 11) is 0. The number of nitrogens with zero attached hydrogens (tertiary/aromatic N) is 2. The van der Waals surface area contributed by atoms with Crippen molar-refractivity contribution in [2.75, 3.05) is 0 Å². The molecule has 0 fully saturated rings. The lowest BCUT2D eigenvalue weighted by Gasteiger charge is -2.09. The first-order chi connectivity index (χ1) is 14.0. The third-order valence-electron chi connectivity index (χ3n) is 3.88. The van der Waals surface area contributed by atoms with Gasteiger partial charge in [-0.15, -0.1) is 11.3 Å². The van der Waals surface area contributed by atoms with Gasteiger partial charge < -0.3 is 0 Å². The first-order valence-corrected chi connectivity index (χ1v) is 8.33. The van der Waals surface area contributed by atoms with Crippen LogP contribution in [-0.2, 0) is 0 Å².